The number of carbonyl (C=O) groups is 1. The van der Waals surface area contributed by atoms with Crippen LogP contribution in [0.3, 0.4) is 0 Å². The van der Waals surface area contributed by atoms with Crippen LogP contribution >= 0.6 is 0 Å². The van der Waals surface area contributed by atoms with Crippen molar-refractivity contribution in [3.8, 4) is 0 Å². The Morgan fingerprint density at radius 3 is 2.00 bits per heavy atom. The third-order valence-corrected chi connectivity index (χ3v) is 5.58. The lowest BCUT2D eigenvalue weighted by Crippen LogP contribution is -2.53. The summed E-state index contributed by atoms with van der Waals surface area (Å²) < 4.78 is 12.1. The van der Waals surface area contributed by atoms with E-state index in [0.29, 0.717) is 18.8 Å². The molecule has 0 heterocycles. The number of hydrogen-bond acceptors (Lipinski definition) is 5. The summed E-state index contributed by atoms with van der Waals surface area (Å²) in [6.45, 7) is 5.27. The molecule has 0 aliphatic heterocycles. The van der Waals surface area contributed by atoms with Crippen LogP contribution in [0, 0.1) is 5.92 Å². The van der Waals surface area contributed by atoms with Gasteiger partial charge in [-0.3, -0.25) is 4.79 Å². The highest BCUT2D eigenvalue weighted by molar-refractivity contribution is 5.99. The molecule has 0 saturated carbocycles. The second kappa shape index (κ2) is 12.4. The summed E-state index contributed by atoms with van der Waals surface area (Å²) in [7, 11) is 0. The van der Waals surface area contributed by atoms with Gasteiger partial charge in [0, 0.05) is 5.56 Å². The number of carbonyl (C=O) groups excluding carboxylic acids is 1. The Bertz CT molecular complexity index is 639. The van der Waals surface area contributed by atoms with E-state index in [1.807, 2.05) is 6.07 Å². The first-order chi connectivity index (χ1) is 14.4. The molecule has 0 radical (unpaired) electrons. The fourth-order valence-corrected chi connectivity index (χ4v) is 3.80. The highest BCUT2D eigenvalue weighted by atomic mass is 16.7. The van der Waals surface area contributed by atoms with Crippen LogP contribution in [-0.2, 0) is 9.47 Å². The van der Waals surface area contributed by atoms with E-state index in [9.17, 15) is 15.0 Å². The predicted molar refractivity (Wildman–Crippen MR) is 118 cm³/mol. The third-order valence-electron chi connectivity index (χ3n) is 5.58. The number of benzene rings is 1. The van der Waals surface area contributed by atoms with Gasteiger partial charge in [0.25, 0.3) is 0 Å². The molecule has 0 bridgehead atoms. The zero-order valence-electron chi connectivity index (χ0n) is 18.5. The van der Waals surface area contributed by atoms with Crippen molar-refractivity contribution in [1.82, 2.24) is 0 Å². The molecule has 5 nitrogen and oxygen atoms in total. The van der Waals surface area contributed by atoms with E-state index >= 15 is 0 Å². The molecule has 1 aromatic carbocycles. The molecule has 0 aromatic heterocycles. The van der Waals surface area contributed by atoms with Gasteiger partial charge in [-0.2, -0.15) is 0 Å². The summed E-state index contributed by atoms with van der Waals surface area (Å²) in [5, 5.41) is 21.6. The van der Waals surface area contributed by atoms with Crippen LogP contribution in [0.15, 0.2) is 42.5 Å². The van der Waals surface area contributed by atoms with Gasteiger partial charge < -0.3 is 19.7 Å². The van der Waals surface area contributed by atoms with E-state index in [1.165, 1.54) is 6.08 Å². The van der Waals surface area contributed by atoms with Crippen molar-refractivity contribution < 1.29 is 24.5 Å². The van der Waals surface area contributed by atoms with Crippen molar-refractivity contribution in [3.63, 3.8) is 0 Å². The van der Waals surface area contributed by atoms with Crippen LogP contribution in [0.5, 0.6) is 0 Å². The molecule has 0 fully saturated rings. The molecule has 0 saturated heterocycles. The zero-order valence-corrected chi connectivity index (χ0v) is 18.5. The number of rotatable bonds is 14. The van der Waals surface area contributed by atoms with E-state index in [-0.39, 0.29) is 12.2 Å². The van der Waals surface area contributed by atoms with Gasteiger partial charge in [0.2, 0.25) is 0 Å². The van der Waals surface area contributed by atoms with Crippen LogP contribution in [0.1, 0.15) is 82.0 Å². The van der Waals surface area contributed by atoms with E-state index in [0.717, 1.165) is 51.4 Å². The second-order valence-electron chi connectivity index (χ2n) is 8.25. The molecule has 0 amide bonds. The lowest BCUT2D eigenvalue weighted by Gasteiger charge is -2.42. The van der Waals surface area contributed by atoms with Crippen molar-refractivity contribution in [3.05, 3.63) is 48.0 Å². The Kier molecular flexibility index (Phi) is 10.2. The van der Waals surface area contributed by atoms with Crippen LogP contribution in [0.2, 0.25) is 0 Å². The highest BCUT2D eigenvalue weighted by Crippen LogP contribution is 2.38. The van der Waals surface area contributed by atoms with Gasteiger partial charge in [0.05, 0.1) is 25.6 Å². The van der Waals surface area contributed by atoms with E-state index < -0.39 is 17.5 Å². The maximum absolute atomic E-state index is 12.8. The number of Topliss-reactive ketones (excluding diaryl/α,β-unsaturated/α-hetero) is 1. The second-order valence-corrected chi connectivity index (χ2v) is 8.25. The smallest absolute Gasteiger partial charge is 0.192 e. The number of unbranched alkanes of at least 4 members (excludes halogenated alkanes) is 6. The minimum Gasteiger partial charge on any atom is -0.365 e. The molecule has 30 heavy (non-hydrogen) atoms. The SMILES string of the molecule is CCCCCCOC1(OCCCCCC)C=CC(C(=O)c2ccccc2)C(O)(O)C1. The Balaban J connectivity index is 2.10. The van der Waals surface area contributed by atoms with E-state index in [1.54, 1.807) is 30.3 Å². The van der Waals surface area contributed by atoms with Gasteiger partial charge in [-0.15, -0.1) is 0 Å². The van der Waals surface area contributed by atoms with Crippen LogP contribution in [0.4, 0.5) is 0 Å². The minimum atomic E-state index is -2.24. The van der Waals surface area contributed by atoms with Crippen molar-refractivity contribution >= 4 is 5.78 Å². The highest BCUT2D eigenvalue weighted by Gasteiger charge is 2.49. The van der Waals surface area contributed by atoms with Gasteiger partial charge in [-0.1, -0.05) is 88.8 Å². The van der Waals surface area contributed by atoms with Crippen molar-refractivity contribution in [2.24, 2.45) is 5.92 Å². The van der Waals surface area contributed by atoms with Gasteiger partial charge in [-0.05, 0) is 18.9 Å². The summed E-state index contributed by atoms with van der Waals surface area (Å²) in [6, 6.07) is 8.71. The topological polar surface area (TPSA) is 76.0 Å². The number of aliphatic hydroxyl groups is 2. The Labute approximate surface area is 181 Å². The zero-order chi connectivity index (χ0) is 21.9. The lowest BCUT2D eigenvalue weighted by molar-refractivity contribution is -0.284. The normalized spacial score (nSPS) is 19.7. The van der Waals surface area contributed by atoms with Gasteiger partial charge in [-0.25, -0.2) is 0 Å². The van der Waals surface area contributed by atoms with E-state index in [2.05, 4.69) is 13.8 Å². The quantitative estimate of drug-likeness (QED) is 0.192. The summed E-state index contributed by atoms with van der Waals surface area (Å²) in [5.41, 5.74) is 0.452. The molecule has 5 heteroatoms. The average molecular weight is 419 g/mol. The third kappa shape index (κ3) is 7.31. The van der Waals surface area contributed by atoms with Gasteiger partial charge in [0.15, 0.2) is 17.4 Å². The number of ketones is 1. The molecular formula is C25H38O5. The molecule has 1 unspecified atom stereocenters. The number of ether oxygens (including phenoxy) is 2. The molecule has 2 N–H and O–H groups in total. The van der Waals surface area contributed by atoms with Crippen LogP contribution in [0.25, 0.3) is 0 Å². The Morgan fingerprint density at radius 1 is 0.933 bits per heavy atom. The monoisotopic (exact) mass is 418 g/mol. The molecule has 168 valence electrons. The Hall–Kier alpha value is -1.53. The average Bonchev–Trinajstić information content (AvgIpc) is 2.73. The van der Waals surface area contributed by atoms with Crippen LogP contribution < -0.4 is 0 Å². The fourth-order valence-electron chi connectivity index (χ4n) is 3.80. The molecule has 1 aromatic rings. The first kappa shape index (κ1) is 24.7. The number of hydrogen-bond donors (Lipinski definition) is 2. The van der Waals surface area contributed by atoms with Crippen LogP contribution in [-0.4, -0.2) is 40.8 Å². The first-order valence-electron chi connectivity index (χ1n) is 11.5. The molecule has 2 rings (SSSR count). The predicted octanol–water partition coefficient (Wildman–Crippen LogP) is 5.02. The molecule has 1 atom stereocenters. The van der Waals surface area contributed by atoms with E-state index in [4.69, 9.17) is 9.47 Å². The molecule has 0 spiro atoms. The molecule has 1 aliphatic rings. The minimum absolute atomic E-state index is 0.193. The summed E-state index contributed by atoms with van der Waals surface area (Å²) in [5.74, 6) is -4.83. The van der Waals surface area contributed by atoms with Gasteiger partial charge >= 0.3 is 0 Å². The molecule has 1 aliphatic carbocycles. The summed E-state index contributed by atoms with van der Waals surface area (Å²) in [4.78, 5) is 12.8. The Morgan fingerprint density at radius 2 is 1.50 bits per heavy atom. The lowest BCUT2D eigenvalue weighted by atomic mass is 9.81. The summed E-state index contributed by atoms with van der Waals surface area (Å²) in [6.07, 6.45) is 11.5. The fraction of sp³-hybridized carbons (Fsp3) is 0.640. The maximum Gasteiger partial charge on any atom is 0.192 e. The standard InChI is InChI=1S/C25H38O5/c1-3-5-7-12-18-29-24(30-19-13-8-6-4-2)17-16-22(25(27,28)20-24)23(26)21-14-10-9-11-15-21/h9-11,14-17,22,27-28H,3-8,12-13,18-20H2,1-2H3. The first-order valence-corrected chi connectivity index (χ1v) is 11.5. The molecular weight excluding hydrogens is 380 g/mol. The van der Waals surface area contributed by atoms with Gasteiger partial charge in [0.1, 0.15) is 0 Å². The van der Waals surface area contributed by atoms with Crippen molar-refractivity contribution in [2.75, 3.05) is 13.2 Å². The van der Waals surface area contributed by atoms with Crippen molar-refractivity contribution in [1.29, 1.82) is 0 Å². The maximum atomic E-state index is 12.8. The summed E-state index contributed by atoms with van der Waals surface area (Å²) >= 11 is 0. The largest absolute Gasteiger partial charge is 0.365 e. The van der Waals surface area contributed by atoms with Crippen molar-refractivity contribution in [2.45, 2.75) is 83.2 Å².